The van der Waals surface area contributed by atoms with Crippen LogP contribution >= 0.6 is 12.4 Å². The van der Waals surface area contributed by atoms with Gasteiger partial charge in [-0.05, 0) is 39.3 Å². The van der Waals surface area contributed by atoms with Gasteiger partial charge < -0.3 is 5.32 Å². The highest BCUT2D eigenvalue weighted by atomic mass is 35.5. The fourth-order valence-corrected chi connectivity index (χ4v) is 4.17. The monoisotopic (exact) mass is 322 g/mol. The van der Waals surface area contributed by atoms with Gasteiger partial charge in [0.15, 0.2) is 0 Å². The molecule has 0 aromatic carbocycles. The van der Waals surface area contributed by atoms with E-state index in [-0.39, 0.29) is 12.4 Å². The molecule has 0 saturated carbocycles. The Labute approximate surface area is 127 Å². The van der Waals surface area contributed by atoms with E-state index in [0.29, 0.717) is 29.6 Å². The smallest absolute Gasteiger partial charge is 0.246 e. The summed E-state index contributed by atoms with van der Waals surface area (Å²) in [4.78, 5) is 0.335. The van der Waals surface area contributed by atoms with Crippen molar-refractivity contribution < 1.29 is 8.42 Å². The number of aryl methyl sites for hydroxylation is 1. The normalized spacial score (nSPS) is 17.9. The number of piperidine rings is 1. The minimum Gasteiger partial charge on any atom is -0.319 e. The van der Waals surface area contributed by atoms with Crippen molar-refractivity contribution in [2.24, 2.45) is 13.0 Å². The Morgan fingerprint density at radius 2 is 2.00 bits per heavy atom. The van der Waals surface area contributed by atoms with Crippen LogP contribution in [0.4, 0.5) is 0 Å². The molecule has 8 heteroatoms. The van der Waals surface area contributed by atoms with E-state index >= 15 is 0 Å². The fourth-order valence-electron chi connectivity index (χ4n) is 2.51. The summed E-state index contributed by atoms with van der Waals surface area (Å²) in [6.45, 7) is 3.94. The highest BCUT2D eigenvalue weighted by molar-refractivity contribution is 7.89. The lowest BCUT2D eigenvalue weighted by atomic mass is 9.98. The van der Waals surface area contributed by atoms with Gasteiger partial charge in [0.1, 0.15) is 4.90 Å². The Bertz CT molecular complexity index is 536. The number of rotatable bonds is 4. The van der Waals surface area contributed by atoms with E-state index in [1.807, 2.05) is 7.05 Å². The van der Waals surface area contributed by atoms with Crippen molar-refractivity contribution in [3.05, 3.63) is 11.9 Å². The van der Waals surface area contributed by atoms with E-state index in [0.717, 1.165) is 19.4 Å². The van der Waals surface area contributed by atoms with Crippen LogP contribution in [0.1, 0.15) is 18.5 Å². The first-order valence-electron chi connectivity index (χ1n) is 6.60. The van der Waals surface area contributed by atoms with Crippen molar-refractivity contribution in [3.8, 4) is 0 Å². The molecule has 0 spiro atoms. The standard InChI is InChI=1S/C12H22N4O2S.ClH/c1-10-12(9-14-15(10)3)19(17,18)16-6-4-11(5-7-16)8-13-2;/h9,11,13H,4-8H2,1-3H3;1H. The summed E-state index contributed by atoms with van der Waals surface area (Å²) >= 11 is 0. The molecule has 0 atom stereocenters. The van der Waals surface area contributed by atoms with Crippen molar-refractivity contribution in [1.29, 1.82) is 0 Å². The highest BCUT2D eigenvalue weighted by Gasteiger charge is 2.31. The molecule has 2 heterocycles. The van der Waals surface area contributed by atoms with Crippen LogP contribution in [0.25, 0.3) is 0 Å². The summed E-state index contributed by atoms with van der Waals surface area (Å²) in [6.07, 6.45) is 3.28. The number of nitrogens with one attached hydrogen (secondary N) is 1. The molecule has 1 aliphatic rings. The van der Waals surface area contributed by atoms with Crippen molar-refractivity contribution in [2.45, 2.75) is 24.7 Å². The molecule has 1 N–H and O–H groups in total. The average molecular weight is 323 g/mol. The lowest BCUT2D eigenvalue weighted by Gasteiger charge is -2.30. The number of hydrogen-bond donors (Lipinski definition) is 1. The molecular weight excluding hydrogens is 300 g/mol. The van der Waals surface area contributed by atoms with Crippen LogP contribution in [-0.2, 0) is 17.1 Å². The molecule has 0 bridgehead atoms. The largest absolute Gasteiger partial charge is 0.319 e. The number of aromatic nitrogens is 2. The predicted octanol–water partition coefficient (Wildman–Crippen LogP) is 0.770. The van der Waals surface area contributed by atoms with Crippen molar-refractivity contribution >= 4 is 22.4 Å². The van der Waals surface area contributed by atoms with E-state index < -0.39 is 10.0 Å². The topological polar surface area (TPSA) is 67.2 Å². The number of hydrogen-bond acceptors (Lipinski definition) is 4. The molecule has 0 amide bonds. The number of halogens is 1. The van der Waals surface area contributed by atoms with Gasteiger partial charge in [-0.25, -0.2) is 8.42 Å². The summed E-state index contributed by atoms with van der Waals surface area (Å²) < 4.78 is 28.3. The van der Waals surface area contributed by atoms with Crippen molar-refractivity contribution in [2.75, 3.05) is 26.7 Å². The van der Waals surface area contributed by atoms with Crippen molar-refractivity contribution in [3.63, 3.8) is 0 Å². The van der Waals surface area contributed by atoms with E-state index in [4.69, 9.17) is 0 Å². The molecular formula is C12H23ClN4O2S. The van der Waals surface area contributed by atoms with Crippen LogP contribution < -0.4 is 5.32 Å². The van der Waals surface area contributed by atoms with Gasteiger partial charge in [-0.2, -0.15) is 9.40 Å². The number of nitrogens with zero attached hydrogens (tertiary/aromatic N) is 3. The van der Waals surface area contributed by atoms with Crippen LogP contribution in [0.2, 0.25) is 0 Å². The van der Waals surface area contributed by atoms with Crippen molar-refractivity contribution in [1.82, 2.24) is 19.4 Å². The van der Waals surface area contributed by atoms with Gasteiger partial charge >= 0.3 is 0 Å². The van der Waals surface area contributed by atoms with E-state index in [1.54, 1.807) is 23.0 Å². The van der Waals surface area contributed by atoms with Gasteiger partial charge in [-0.1, -0.05) is 0 Å². The zero-order valence-corrected chi connectivity index (χ0v) is 13.8. The predicted molar refractivity (Wildman–Crippen MR) is 80.6 cm³/mol. The molecule has 1 aliphatic heterocycles. The Kier molecular flexibility index (Phi) is 6.00. The molecule has 0 aliphatic carbocycles. The summed E-state index contributed by atoms with van der Waals surface area (Å²) in [5.41, 5.74) is 0.692. The van der Waals surface area contributed by atoms with Crippen LogP contribution in [0.15, 0.2) is 11.1 Å². The van der Waals surface area contributed by atoms with Gasteiger partial charge in [0.05, 0.1) is 11.9 Å². The fraction of sp³-hybridized carbons (Fsp3) is 0.750. The first-order valence-corrected chi connectivity index (χ1v) is 8.04. The zero-order valence-electron chi connectivity index (χ0n) is 12.2. The van der Waals surface area contributed by atoms with Crippen LogP contribution in [0.3, 0.4) is 0 Å². The quantitative estimate of drug-likeness (QED) is 0.889. The Morgan fingerprint density at radius 3 is 2.45 bits per heavy atom. The summed E-state index contributed by atoms with van der Waals surface area (Å²) in [5, 5.41) is 7.18. The maximum atomic E-state index is 12.5. The second-order valence-electron chi connectivity index (χ2n) is 5.12. The molecule has 2 rings (SSSR count). The van der Waals surface area contributed by atoms with Gasteiger partial charge in [-0.15, -0.1) is 12.4 Å². The molecule has 1 aromatic heterocycles. The molecule has 1 saturated heterocycles. The van der Waals surface area contributed by atoms with Crippen LogP contribution in [0, 0.1) is 12.8 Å². The second kappa shape index (κ2) is 6.89. The first-order chi connectivity index (χ1) is 8.96. The number of sulfonamides is 1. The molecule has 116 valence electrons. The highest BCUT2D eigenvalue weighted by Crippen LogP contribution is 2.24. The van der Waals surface area contributed by atoms with Gasteiger partial charge in [0.2, 0.25) is 10.0 Å². The Balaban J connectivity index is 0.00000200. The minimum absolute atomic E-state index is 0. The van der Waals surface area contributed by atoms with Gasteiger partial charge in [0, 0.05) is 20.1 Å². The maximum absolute atomic E-state index is 12.5. The molecule has 6 nitrogen and oxygen atoms in total. The van der Waals surface area contributed by atoms with E-state index in [9.17, 15) is 8.42 Å². The summed E-state index contributed by atoms with van der Waals surface area (Å²) in [6, 6.07) is 0. The third kappa shape index (κ3) is 3.33. The van der Waals surface area contributed by atoms with E-state index in [2.05, 4.69) is 10.4 Å². The van der Waals surface area contributed by atoms with Gasteiger partial charge in [0.25, 0.3) is 0 Å². The SMILES string of the molecule is CNCC1CCN(S(=O)(=O)c2cnn(C)c2C)CC1.Cl. The molecule has 0 radical (unpaired) electrons. The zero-order chi connectivity index (χ0) is 14.0. The third-order valence-electron chi connectivity index (χ3n) is 3.87. The van der Waals surface area contributed by atoms with Crippen LogP contribution in [-0.4, -0.2) is 49.2 Å². The maximum Gasteiger partial charge on any atom is 0.246 e. The summed E-state index contributed by atoms with van der Waals surface area (Å²) in [7, 11) is 0.309. The van der Waals surface area contributed by atoms with Crippen LogP contribution in [0.5, 0.6) is 0 Å². The third-order valence-corrected chi connectivity index (χ3v) is 5.88. The Morgan fingerprint density at radius 1 is 1.40 bits per heavy atom. The molecule has 1 aromatic rings. The second-order valence-corrected chi connectivity index (χ2v) is 7.03. The lowest BCUT2D eigenvalue weighted by Crippen LogP contribution is -2.40. The minimum atomic E-state index is -3.38. The molecule has 1 fully saturated rings. The molecule has 20 heavy (non-hydrogen) atoms. The summed E-state index contributed by atoms with van der Waals surface area (Å²) in [5.74, 6) is 0.575. The molecule has 0 unspecified atom stereocenters. The van der Waals surface area contributed by atoms with E-state index in [1.165, 1.54) is 6.20 Å². The lowest BCUT2D eigenvalue weighted by molar-refractivity contribution is 0.270. The first kappa shape index (κ1) is 17.4. The van der Waals surface area contributed by atoms with Gasteiger partial charge in [-0.3, -0.25) is 4.68 Å². The average Bonchev–Trinajstić information content (AvgIpc) is 2.72. The Hall–Kier alpha value is -0.630.